The van der Waals surface area contributed by atoms with Crippen LogP contribution in [0.25, 0.3) is 38.3 Å². The highest BCUT2D eigenvalue weighted by Gasteiger charge is 2.72. The van der Waals surface area contributed by atoms with Crippen LogP contribution in [0, 0.1) is 41.9 Å². The summed E-state index contributed by atoms with van der Waals surface area (Å²) in [4.78, 5) is 46.9. The number of benzene rings is 3. The first-order valence-electron chi connectivity index (χ1n) is 28.3. The van der Waals surface area contributed by atoms with E-state index in [1.54, 1.807) is 25.1 Å². The molecule has 5 bridgehead atoms. The van der Waals surface area contributed by atoms with Gasteiger partial charge in [-0.1, -0.05) is 49.1 Å². The standard InChI is InChI=1S/C62H68N4O13/c1-4-45-39-16-20-64-44(39)28-66(45)53-55-33(22-41-47(70)21-30(2)76-56(41)53)24-49-62(77-55)42-23-31-8-10-34-7-5-6-17-60(34)43(27-65-58(60)74)50(31)51(62)37-14-18-59(79-78-49,19-15-38(37)52(42)63-3)61(75,57(73)54(72)48(71)29-67)26-32-9-13-46(69)36-12-11-35(68)25-40(32)36/h9,11-13,15-16,19-23,25,28,34,42-43,48-52,54,57,63-64,67-69,71-73,75H,4-8,10,14,17-18,24,26-27,29H2,1-3H3,(H,65,74). The van der Waals surface area contributed by atoms with E-state index in [0.29, 0.717) is 63.0 Å². The smallest absolute Gasteiger partial charge is 0.226 e. The summed E-state index contributed by atoms with van der Waals surface area (Å²) in [6.45, 7) is 3.39. The van der Waals surface area contributed by atoms with Crippen molar-refractivity contribution in [2.45, 2.75) is 132 Å². The number of carbonyl (C=O) groups is 1. The Morgan fingerprint density at radius 2 is 1.82 bits per heavy atom. The third-order valence-corrected chi connectivity index (χ3v) is 20.7. The van der Waals surface area contributed by atoms with E-state index in [4.69, 9.17) is 18.9 Å². The lowest BCUT2D eigenvalue weighted by molar-refractivity contribution is -0.429. The minimum absolute atomic E-state index is 0.0457. The number of phenols is 2. The van der Waals surface area contributed by atoms with Crippen molar-refractivity contribution in [1.29, 1.82) is 0 Å². The van der Waals surface area contributed by atoms with E-state index >= 15 is 0 Å². The molecule has 17 heteroatoms. The summed E-state index contributed by atoms with van der Waals surface area (Å²) in [6.07, 6.45) is 8.57. The van der Waals surface area contributed by atoms with E-state index in [1.165, 1.54) is 29.8 Å². The van der Waals surface area contributed by atoms with Gasteiger partial charge in [-0.3, -0.25) is 9.59 Å². The molecule has 4 fully saturated rings. The molecule has 79 heavy (non-hydrogen) atoms. The first kappa shape index (κ1) is 50.9. The fraction of sp³-hybridized carbons (Fsp3) is 0.484. The van der Waals surface area contributed by atoms with Gasteiger partial charge < -0.3 is 65.1 Å². The summed E-state index contributed by atoms with van der Waals surface area (Å²) in [5.41, 5.74) is 0.150. The number of aromatic nitrogens is 2. The maximum absolute atomic E-state index is 14.8. The maximum Gasteiger partial charge on any atom is 0.226 e. The molecule has 2 spiro atoms. The van der Waals surface area contributed by atoms with Gasteiger partial charge in [-0.15, -0.1) is 0 Å². The number of hydrogen-bond acceptors (Lipinski definition) is 14. The van der Waals surface area contributed by atoms with Crippen molar-refractivity contribution >= 4 is 38.6 Å². The van der Waals surface area contributed by atoms with Crippen LogP contribution in [0.2, 0.25) is 0 Å². The predicted octanol–water partition coefficient (Wildman–Crippen LogP) is 6.05. The van der Waals surface area contributed by atoms with E-state index in [-0.39, 0.29) is 59.9 Å². The highest BCUT2D eigenvalue weighted by Crippen LogP contribution is 2.68. The average molecular weight is 1080 g/mol. The van der Waals surface area contributed by atoms with Crippen LogP contribution in [0.15, 0.2) is 105 Å². The van der Waals surface area contributed by atoms with Crippen molar-refractivity contribution in [3.63, 3.8) is 0 Å². The molecule has 0 radical (unpaired) electrons. The molecule has 2 saturated heterocycles. The van der Waals surface area contributed by atoms with Crippen molar-refractivity contribution < 1.29 is 59.5 Å². The Hall–Kier alpha value is -6.28. The Balaban J connectivity index is 1.04. The summed E-state index contributed by atoms with van der Waals surface area (Å²) in [5.74, 6) is -0.262. The number of aromatic hydroxyl groups is 2. The molecular formula is C62H68N4O13. The summed E-state index contributed by atoms with van der Waals surface area (Å²) in [7, 11) is 1.93. The summed E-state index contributed by atoms with van der Waals surface area (Å²) in [5, 5.41) is 91.0. The molecule has 6 heterocycles. The highest BCUT2D eigenvalue weighted by molar-refractivity contribution is 5.94. The Bertz CT molecular complexity index is 3690. The van der Waals surface area contributed by atoms with Crippen LogP contribution in [0.1, 0.15) is 80.9 Å². The van der Waals surface area contributed by atoms with E-state index in [2.05, 4.69) is 33.2 Å². The van der Waals surface area contributed by atoms with Crippen LogP contribution < -0.4 is 20.8 Å². The van der Waals surface area contributed by atoms with Crippen molar-refractivity contribution in [2.24, 2.45) is 35.0 Å². The third kappa shape index (κ3) is 6.90. The van der Waals surface area contributed by atoms with Gasteiger partial charge in [-0.05, 0) is 136 Å². The number of aromatic amines is 1. The molecular weight excluding hydrogens is 1010 g/mol. The zero-order valence-corrected chi connectivity index (χ0v) is 44.5. The van der Waals surface area contributed by atoms with Crippen LogP contribution in [0.3, 0.4) is 0 Å². The largest absolute Gasteiger partial charge is 0.508 e. The Morgan fingerprint density at radius 3 is 2.63 bits per heavy atom. The van der Waals surface area contributed by atoms with Crippen LogP contribution >= 0.6 is 0 Å². The number of aryl methyl sites for hydroxylation is 2. The second kappa shape index (κ2) is 18.1. The van der Waals surface area contributed by atoms with E-state index in [9.17, 15) is 45.3 Å². The fourth-order valence-corrected chi connectivity index (χ4v) is 17.2. The number of aliphatic hydroxyl groups is 5. The second-order valence-electron chi connectivity index (χ2n) is 24.1. The number of phenolic OH excluding ortho intramolecular Hbond substituents is 2. The quantitative estimate of drug-likeness (QED) is 0.0554. The number of hydrogen-bond donors (Lipinski definition) is 10. The third-order valence-electron chi connectivity index (χ3n) is 20.7. The molecule has 14 unspecified atom stereocenters. The van der Waals surface area contributed by atoms with E-state index < -0.39 is 77.5 Å². The SMILES string of the molecule is CCc1c2cc[nH]c2cn1-c1c2c(cc3c(=O)cc(C)oc13)CC1OOC3(C(O)(Cc4ccc(O)c5ccc(O)cc45)C(O)C(O)C(O)CO)C=CC4=C(CC3)C3C5C(=CC(C4NC)C13O2)CCC1CCCCC12C(=O)NCC52. The Labute approximate surface area is 455 Å². The van der Waals surface area contributed by atoms with Gasteiger partial charge in [0.1, 0.15) is 53.0 Å². The van der Waals surface area contributed by atoms with Crippen LogP contribution in [0.5, 0.6) is 17.2 Å². The molecule has 17 nitrogen and oxygen atoms in total. The van der Waals surface area contributed by atoms with E-state index in [0.717, 1.165) is 66.3 Å². The molecule has 14 atom stereocenters. The van der Waals surface area contributed by atoms with Gasteiger partial charge in [0.25, 0.3) is 0 Å². The summed E-state index contributed by atoms with van der Waals surface area (Å²) in [6, 6.07) is 12.3. The molecule has 3 aliphatic heterocycles. The van der Waals surface area contributed by atoms with Crippen LogP contribution in [-0.2, 0) is 33.8 Å². The number of aliphatic hydroxyl groups excluding tert-OH is 4. The first-order chi connectivity index (χ1) is 38.1. The van der Waals surface area contributed by atoms with Gasteiger partial charge in [0.05, 0.1) is 22.9 Å². The lowest BCUT2D eigenvalue weighted by atomic mass is 9.47. The lowest BCUT2D eigenvalue weighted by Gasteiger charge is -2.62. The predicted molar refractivity (Wildman–Crippen MR) is 291 cm³/mol. The molecule has 3 aromatic carbocycles. The Morgan fingerprint density at radius 1 is 0.975 bits per heavy atom. The number of ether oxygens (including phenoxy) is 1. The highest BCUT2D eigenvalue weighted by atomic mass is 17.2. The minimum Gasteiger partial charge on any atom is -0.508 e. The van der Waals surface area contributed by atoms with Gasteiger partial charge >= 0.3 is 0 Å². The number of likely N-dealkylation sites (N-methyl/N-ethyl adjacent to an activating group) is 1. The Kier molecular flexibility index (Phi) is 11.7. The number of allylic oxidation sites excluding steroid dienone is 1. The average Bonchev–Trinajstić information content (AvgIpc) is 4.24. The van der Waals surface area contributed by atoms with Gasteiger partial charge in [0.2, 0.25) is 5.91 Å². The molecule has 5 aliphatic carbocycles. The van der Waals surface area contributed by atoms with Crippen molar-refractivity contribution in [1.82, 2.24) is 20.2 Å². The molecule has 1 amide bonds. The van der Waals surface area contributed by atoms with E-state index in [1.807, 2.05) is 37.7 Å². The number of amides is 1. The van der Waals surface area contributed by atoms with Crippen molar-refractivity contribution in [3.05, 3.63) is 129 Å². The van der Waals surface area contributed by atoms with Gasteiger partial charge in [0, 0.05) is 77.8 Å². The lowest BCUT2D eigenvalue weighted by Crippen LogP contribution is -2.72. The second-order valence-corrected chi connectivity index (χ2v) is 24.1. The topological polar surface area (TPSA) is 261 Å². The zero-order valence-electron chi connectivity index (χ0n) is 44.5. The molecule has 2 saturated carbocycles. The monoisotopic (exact) mass is 1080 g/mol. The van der Waals surface area contributed by atoms with Crippen LogP contribution in [-0.4, -0.2) is 119 Å². The van der Waals surface area contributed by atoms with Gasteiger partial charge in [-0.25, -0.2) is 9.78 Å². The van der Waals surface area contributed by atoms with Crippen molar-refractivity contribution in [3.8, 4) is 22.9 Å². The fourth-order valence-electron chi connectivity index (χ4n) is 17.2. The molecule has 6 aromatic rings. The molecule has 3 aromatic heterocycles. The van der Waals surface area contributed by atoms with Gasteiger partial charge in [0.15, 0.2) is 28.0 Å². The maximum atomic E-state index is 14.8. The number of carbonyl (C=O) groups excluding carboxylic acids is 1. The normalized spacial score (nSPS) is 32.5. The number of fused-ring (bicyclic) bond motifs is 8. The molecule has 414 valence electrons. The van der Waals surface area contributed by atoms with Crippen molar-refractivity contribution in [2.75, 3.05) is 20.2 Å². The summed E-state index contributed by atoms with van der Waals surface area (Å²) >= 11 is 0. The number of rotatable bonds is 10. The zero-order chi connectivity index (χ0) is 54.7. The van der Waals surface area contributed by atoms with Crippen LogP contribution in [0.4, 0.5) is 0 Å². The number of H-pyrrole nitrogens is 1. The summed E-state index contributed by atoms with van der Waals surface area (Å²) < 4.78 is 17.0. The number of nitrogens with zero attached hydrogens (tertiary/aromatic N) is 1. The molecule has 10 N–H and O–H groups in total. The first-order valence-corrected chi connectivity index (χ1v) is 28.3. The molecule has 14 rings (SSSR count). The minimum atomic E-state index is -2.61. The van der Waals surface area contributed by atoms with Gasteiger partial charge in [-0.2, -0.15) is 0 Å². The molecule has 8 aliphatic rings. The number of nitrogens with one attached hydrogen (secondary N) is 3.